The Labute approximate surface area is 85.9 Å². The molecule has 0 aromatic heterocycles. The molecule has 0 amide bonds. The monoisotopic (exact) mass is 219 g/mol. The number of aliphatic hydroxyl groups excluding tert-OH is 2. The average Bonchev–Trinajstić information content (AvgIpc) is 2.20. The van der Waals surface area contributed by atoms with Crippen molar-refractivity contribution in [1.82, 2.24) is 0 Å². The van der Waals surface area contributed by atoms with Gasteiger partial charge in [0.2, 0.25) is 0 Å². The third-order valence-electron chi connectivity index (χ3n) is 1.90. The number of halogens is 2. The normalized spacial score (nSPS) is 15.2. The molecule has 78 valence electrons. The van der Waals surface area contributed by atoms with Crippen LogP contribution < -0.4 is 5.73 Å². The van der Waals surface area contributed by atoms with E-state index in [1.54, 1.807) is 0 Å². The summed E-state index contributed by atoms with van der Waals surface area (Å²) < 4.78 is 13.0. The zero-order valence-electron chi connectivity index (χ0n) is 7.32. The summed E-state index contributed by atoms with van der Waals surface area (Å²) in [5.41, 5.74) is 5.68. The average molecular weight is 220 g/mol. The van der Waals surface area contributed by atoms with Gasteiger partial charge < -0.3 is 15.9 Å². The van der Waals surface area contributed by atoms with Gasteiger partial charge in [0.15, 0.2) is 0 Å². The molecule has 0 radical (unpaired) electrons. The Morgan fingerprint density at radius 2 is 2.14 bits per heavy atom. The zero-order valence-corrected chi connectivity index (χ0v) is 8.08. The molecule has 0 aliphatic heterocycles. The molecule has 0 bridgehead atoms. The molecule has 0 saturated carbocycles. The van der Waals surface area contributed by atoms with E-state index in [9.17, 15) is 9.50 Å². The van der Waals surface area contributed by atoms with Crippen LogP contribution in [0.5, 0.6) is 0 Å². The summed E-state index contributed by atoms with van der Waals surface area (Å²) in [7, 11) is 0. The Morgan fingerprint density at radius 3 is 2.64 bits per heavy atom. The number of hydrogen-bond acceptors (Lipinski definition) is 3. The minimum absolute atomic E-state index is 0.0153. The lowest BCUT2D eigenvalue weighted by Gasteiger charge is -2.16. The molecule has 14 heavy (non-hydrogen) atoms. The van der Waals surface area contributed by atoms with Crippen LogP contribution in [-0.4, -0.2) is 22.9 Å². The lowest BCUT2D eigenvalue weighted by Crippen LogP contribution is -2.31. The van der Waals surface area contributed by atoms with Gasteiger partial charge in [0.05, 0.1) is 23.8 Å². The molecular formula is C9H11ClFNO2. The van der Waals surface area contributed by atoms with Crippen LogP contribution in [-0.2, 0) is 0 Å². The molecule has 0 aliphatic rings. The minimum Gasteiger partial charge on any atom is -0.395 e. The number of hydrogen-bond donors (Lipinski definition) is 3. The van der Waals surface area contributed by atoms with Crippen LogP contribution in [0.4, 0.5) is 4.39 Å². The van der Waals surface area contributed by atoms with Gasteiger partial charge in [-0.25, -0.2) is 4.39 Å². The number of rotatable bonds is 3. The summed E-state index contributed by atoms with van der Waals surface area (Å²) in [4.78, 5) is 0. The summed E-state index contributed by atoms with van der Waals surface area (Å²) in [5, 5.41) is 18.2. The Morgan fingerprint density at radius 1 is 1.50 bits per heavy atom. The summed E-state index contributed by atoms with van der Waals surface area (Å²) >= 11 is 5.46. The van der Waals surface area contributed by atoms with E-state index < -0.39 is 18.0 Å². The molecule has 0 fully saturated rings. The Kier molecular flexibility index (Phi) is 3.83. The van der Waals surface area contributed by atoms with Gasteiger partial charge in [0.25, 0.3) is 0 Å². The van der Waals surface area contributed by atoms with E-state index in [1.807, 2.05) is 0 Å². The zero-order chi connectivity index (χ0) is 10.7. The lowest BCUT2D eigenvalue weighted by atomic mass is 10.0. The first-order valence-electron chi connectivity index (χ1n) is 4.05. The number of benzene rings is 1. The largest absolute Gasteiger partial charge is 0.395 e. The Balaban J connectivity index is 2.91. The second-order valence-electron chi connectivity index (χ2n) is 2.96. The fraction of sp³-hybridized carbons (Fsp3) is 0.333. The predicted octanol–water partition coefficient (Wildman–Crippen LogP) is 0.832. The molecule has 0 aliphatic carbocycles. The maximum Gasteiger partial charge on any atom is 0.142 e. The smallest absolute Gasteiger partial charge is 0.142 e. The first-order valence-corrected chi connectivity index (χ1v) is 4.43. The van der Waals surface area contributed by atoms with Crippen molar-refractivity contribution < 1.29 is 14.6 Å². The van der Waals surface area contributed by atoms with Gasteiger partial charge in [-0.3, -0.25) is 0 Å². The van der Waals surface area contributed by atoms with Crippen LogP contribution in [0, 0.1) is 5.82 Å². The molecule has 5 heteroatoms. The molecule has 3 nitrogen and oxygen atoms in total. The van der Waals surface area contributed by atoms with Crippen molar-refractivity contribution in [2.45, 2.75) is 12.1 Å². The van der Waals surface area contributed by atoms with Gasteiger partial charge >= 0.3 is 0 Å². The van der Waals surface area contributed by atoms with E-state index >= 15 is 0 Å². The van der Waals surface area contributed by atoms with E-state index in [2.05, 4.69) is 0 Å². The van der Waals surface area contributed by atoms with Crippen molar-refractivity contribution in [2.24, 2.45) is 5.73 Å². The SMILES string of the molecule is N[C@H](CO)[C@@H](O)c1ccc(Cl)c(F)c1. The maximum absolute atomic E-state index is 13.0. The topological polar surface area (TPSA) is 66.5 Å². The van der Waals surface area contributed by atoms with Gasteiger partial charge in [-0.2, -0.15) is 0 Å². The number of aliphatic hydroxyl groups is 2. The van der Waals surface area contributed by atoms with Gasteiger partial charge in [-0.1, -0.05) is 17.7 Å². The van der Waals surface area contributed by atoms with Crippen LogP contribution in [0.2, 0.25) is 5.02 Å². The molecule has 2 atom stereocenters. The molecule has 0 spiro atoms. The fourth-order valence-corrected chi connectivity index (χ4v) is 1.16. The predicted molar refractivity (Wildman–Crippen MR) is 51.4 cm³/mol. The van der Waals surface area contributed by atoms with Crippen molar-refractivity contribution >= 4 is 11.6 Å². The van der Waals surface area contributed by atoms with Gasteiger partial charge in [0.1, 0.15) is 5.82 Å². The molecule has 0 heterocycles. The van der Waals surface area contributed by atoms with E-state index in [-0.39, 0.29) is 11.6 Å². The highest BCUT2D eigenvalue weighted by Gasteiger charge is 2.16. The second-order valence-corrected chi connectivity index (χ2v) is 3.37. The summed E-state index contributed by atoms with van der Waals surface area (Å²) in [6, 6.07) is 3.07. The summed E-state index contributed by atoms with van der Waals surface area (Å²) in [6.45, 7) is -0.370. The second kappa shape index (κ2) is 4.70. The maximum atomic E-state index is 13.0. The molecule has 1 rings (SSSR count). The first kappa shape index (κ1) is 11.4. The molecule has 1 aromatic carbocycles. The lowest BCUT2D eigenvalue weighted by molar-refractivity contribution is 0.109. The Hall–Kier alpha value is -0.680. The van der Waals surface area contributed by atoms with Crippen LogP contribution in [0.25, 0.3) is 0 Å². The summed E-state index contributed by atoms with van der Waals surface area (Å²) in [5.74, 6) is -0.617. The van der Waals surface area contributed by atoms with Gasteiger partial charge in [-0.15, -0.1) is 0 Å². The highest BCUT2D eigenvalue weighted by molar-refractivity contribution is 6.30. The van der Waals surface area contributed by atoms with Gasteiger partial charge in [-0.05, 0) is 17.7 Å². The minimum atomic E-state index is -1.09. The molecule has 4 N–H and O–H groups in total. The van der Waals surface area contributed by atoms with Crippen molar-refractivity contribution in [1.29, 1.82) is 0 Å². The van der Waals surface area contributed by atoms with Crippen LogP contribution >= 0.6 is 11.6 Å². The van der Waals surface area contributed by atoms with E-state index in [4.69, 9.17) is 22.4 Å². The van der Waals surface area contributed by atoms with Crippen LogP contribution in [0.3, 0.4) is 0 Å². The van der Waals surface area contributed by atoms with E-state index in [1.165, 1.54) is 12.1 Å². The van der Waals surface area contributed by atoms with E-state index in [0.717, 1.165) is 6.07 Å². The third-order valence-corrected chi connectivity index (χ3v) is 2.21. The highest BCUT2D eigenvalue weighted by Crippen LogP contribution is 2.21. The van der Waals surface area contributed by atoms with Gasteiger partial charge in [0, 0.05) is 0 Å². The molecule has 1 aromatic rings. The summed E-state index contributed by atoms with van der Waals surface area (Å²) in [6.07, 6.45) is -1.09. The van der Waals surface area contributed by atoms with Crippen LogP contribution in [0.15, 0.2) is 18.2 Å². The quantitative estimate of drug-likeness (QED) is 0.706. The fourth-order valence-electron chi connectivity index (χ4n) is 1.04. The van der Waals surface area contributed by atoms with Crippen molar-refractivity contribution in [3.8, 4) is 0 Å². The van der Waals surface area contributed by atoms with Crippen LogP contribution in [0.1, 0.15) is 11.7 Å². The van der Waals surface area contributed by atoms with Crippen molar-refractivity contribution in [3.05, 3.63) is 34.6 Å². The Bertz CT molecular complexity index is 322. The standard InChI is InChI=1S/C9H11ClFNO2/c10-6-2-1-5(3-7(6)11)9(14)8(12)4-13/h1-3,8-9,13-14H,4,12H2/t8-,9+/m1/s1. The number of nitrogens with two attached hydrogens (primary N) is 1. The van der Waals surface area contributed by atoms with Crippen molar-refractivity contribution in [3.63, 3.8) is 0 Å². The highest BCUT2D eigenvalue weighted by atomic mass is 35.5. The first-order chi connectivity index (χ1) is 6.56. The third kappa shape index (κ3) is 2.42. The molecular weight excluding hydrogens is 209 g/mol. The molecule has 0 saturated heterocycles. The molecule has 0 unspecified atom stereocenters. The van der Waals surface area contributed by atoms with E-state index in [0.29, 0.717) is 5.56 Å². The van der Waals surface area contributed by atoms with Crippen molar-refractivity contribution in [2.75, 3.05) is 6.61 Å².